The Morgan fingerprint density at radius 3 is 1.90 bits per heavy atom. The van der Waals surface area contributed by atoms with E-state index in [2.05, 4.69) is 52.0 Å². The number of aromatic nitrogens is 5. The number of furan rings is 1. The minimum Gasteiger partial charge on any atom is -0.453 e. The van der Waals surface area contributed by atoms with E-state index in [1.165, 1.54) is 0 Å². The van der Waals surface area contributed by atoms with E-state index < -0.39 is 0 Å². The fraction of sp³-hybridized carbons (Fsp3) is 0. The molecule has 0 bridgehead atoms. The molecule has 6 nitrogen and oxygen atoms in total. The summed E-state index contributed by atoms with van der Waals surface area (Å²) in [6.45, 7) is 0. The molecule has 0 aliphatic carbocycles. The molecule has 0 spiro atoms. The fourth-order valence-electron chi connectivity index (χ4n) is 6.01. The summed E-state index contributed by atoms with van der Waals surface area (Å²) >= 11 is 0. The Bertz CT molecular complexity index is 2400. The van der Waals surface area contributed by atoms with Crippen LogP contribution in [-0.2, 0) is 0 Å². The minimum absolute atomic E-state index is 0.536. The van der Waals surface area contributed by atoms with Gasteiger partial charge in [0.2, 0.25) is 5.95 Å². The van der Waals surface area contributed by atoms with Gasteiger partial charge in [0, 0.05) is 50.5 Å². The molecule has 0 unspecified atom stereocenters. The molecule has 0 N–H and O–H groups in total. The van der Waals surface area contributed by atoms with Crippen LogP contribution in [0.3, 0.4) is 0 Å². The molecule has 0 saturated carbocycles. The zero-order chi connectivity index (χ0) is 27.6. The van der Waals surface area contributed by atoms with Crippen LogP contribution in [0, 0.1) is 0 Å². The maximum atomic E-state index is 6.77. The first kappa shape index (κ1) is 22.9. The lowest BCUT2D eigenvalue weighted by Crippen LogP contribution is -2.06. The number of hydrogen-bond acceptors (Lipinski definition) is 5. The lowest BCUT2D eigenvalue weighted by atomic mass is 10.1. The fourth-order valence-corrected chi connectivity index (χ4v) is 6.01. The Kier molecular flexibility index (Phi) is 4.80. The zero-order valence-electron chi connectivity index (χ0n) is 22.3. The van der Waals surface area contributed by atoms with Crippen molar-refractivity contribution in [3.8, 4) is 28.7 Å². The van der Waals surface area contributed by atoms with Gasteiger partial charge >= 0.3 is 0 Å². The van der Waals surface area contributed by atoms with Gasteiger partial charge in [-0.1, -0.05) is 91.0 Å². The molecule has 4 heterocycles. The third kappa shape index (κ3) is 3.32. The van der Waals surface area contributed by atoms with Crippen LogP contribution in [0.5, 0.6) is 0 Å². The first-order chi connectivity index (χ1) is 20.8. The van der Waals surface area contributed by atoms with E-state index in [0.29, 0.717) is 17.6 Å². The van der Waals surface area contributed by atoms with Crippen molar-refractivity contribution in [1.29, 1.82) is 0 Å². The van der Waals surface area contributed by atoms with Crippen molar-refractivity contribution >= 4 is 54.5 Å². The van der Waals surface area contributed by atoms with Gasteiger partial charge in [-0.05, 0) is 29.7 Å². The molecule has 9 aromatic rings. The molecular formula is C36H21N5O. The van der Waals surface area contributed by atoms with E-state index in [1.54, 1.807) is 0 Å². The topological polar surface area (TPSA) is 69.6 Å². The van der Waals surface area contributed by atoms with Gasteiger partial charge in [0.05, 0.1) is 5.52 Å². The van der Waals surface area contributed by atoms with Crippen LogP contribution in [-0.4, -0.2) is 24.5 Å². The Morgan fingerprint density at radius 1 is 0.500 bits per heavy atom. The van der Waals surface area contributed by atoms with Gasteiger partial charge in [-0.15, -0.1) is 0 Å². The number of pyridine rings is 1. The quantitative estimate of drug-likeness (QED) is 0.224. The molecule has 0 aliphatic rings. The van der Waals surface area contributed by atoms with E-state index >= 15 is 0 Å². The highest BCUT2D eigenvalue weighted by atomic mass is 16.3. The van der Waals surface area contributed by atoms with Crippen LogP contribution in [0.4, 0.5) is 0 Å². The summed E-state index contributed by atoms with van der Waals surface area (Å²) in [7, 11) is 0. The van der Waals surface area contributed by atoms with E-state index in [-0.39, 0.29) is 0 Å². The lowest BCUT2D eigenvalue weighted by molar-refractivity contribution is 0.674. The van der Waals surface area contributed by atoms with Crippen molar-refractivity contribution in [1.82, 2.24) is 24.5 Å². The highest BCUT2D eigenvalue weighted by molar-refractivity contribution is 6.23. The molecule has 0 aliphatic heterocycles. The molecule has 0 fully saturated rings. The van der Waals surface area contributed by atoms with Crippen LogP contribution >= 0.6 is 0 Å². The molecule has 196 valence electrons. The number of benzene rings is 5. The molecule has 0 saturated heterocycles. The van der Waals surface area contributed by atoms with Crippen molar-refractivity contribution in [3.05, 3.63) is 128 Å². The highest BCUT2D eigenvalue weighted by Gasteiger charge is 2.22. The van der Waals surface area contributed by atoms with Gasteiger partial charge in [-0.3, -0.25) is 9.55 Å². The first-order valence-corrected chi connectivity index (χ1v) is 13.8. The van der Waals surface area contributed by atoms with Gasteiger partial charge in [-0.25, -0.2) is 4.98 Å². The van der Waals surface area contributed by atoms with Gasteiger partial charge in [0.15, 0.2) is 17.2 Å². The van der Waals surface area contributed by atoms with Gasteiger partial charge in [-0.2, -0.15) is 9.97 Å². The van der Waals surface area contributed by atoms with Crippen LogP contribution in [0.1, 0.15) is 0 Å². The standard InChI is InChI=1S/C36H21N5O/c1-3-9-23(10-4-1)34-38-35(24-11-5-2-6-12-24)40-36(39-34)41-30-14-8-7-13-25(30)26-17-18-28-27-16-15-22-19-20-37-21-29(22)32(27)42-33(28)31(26)41/h1-21H. The lowest BCUT2D eigenvalue weighted by Gasteiger charge is -2.11. The maximum Gasteiger partial charge on any atom is 0.238 e. The van der Waals surface area contributed by atoms with Gasteiger partial charge < -0.3 is 4.42 Å². The second kappa shape index (κ2) is 8.81. The molecule has 42 heavy (non-hydrogen) atoms. The zero-order valence-corrected chi connectivity index (χ0v) is 22.3. The summed E-state index contributed by atoms with van der Waals surface area (Å²) in [5.41, 5.74) is 5.38. The third-order valence-electron chi connectivity index (χ3n) is 7.95. The molecule has 0 atom stereocenters. The Labute approximate surface area is 239 Å². The first-order valence-electron chi connectivity index (χ1n) is 13.8. The normalized spacial score (nSPS) is 11.8. The number of hydrogen-bond donors (Lipinski definition) is 0. The summed E-state index contributed by atoms with van der Waals surface area (Å²) < 4.78 is 8.89. The number of fused-ring (bicyclic) bond motifs is 9. The van der Waals surface area contributed by atoms with Crippen molar-refractivity contribution in [2.45, 2.75) is 0 Å². The number of rotatable bonds is 3. The third-order valence-corrected chi connectivity index (χ3v) is 7.95. The average molecular weight is 540 g/mol. The predicted molar refractivity (Wildman–Crippen MR) is 168 cm³/mol. The van der Waals surface area contributed by atoms with Crippen molar-refractivity contribution in [3.63, 3.8) is 0 Å². The maximum absolute atomic E-state index is 6.77. The van der Waals surface area contributed by atoms with E-state index in [9.17, 15) is 0 Å². The molecule has 6 heteroatoms. The van der Waals surface area contributed by atoms with Crippen molar-refractivity contribution < 1.29 is 4.42 Å². The van der Waals surface area contributed by atoms with Crippen molar-refractivity contribution in [2.24, 2.45) is 0 Å². The van der Waals surface area contributed by atoms with Crippen LogP contribution in [0.2, 0.25) is 0 Å². The summed E-state index contributed by atoms with van der Waals surface area (Å²) in [5.74, 6) is 1.76. The Balaban J connectivity index is 1.44. The smallest absolute Gasteiger partial charge is 0.238 e. The van der Waals surface area contributed by atoms with Crippen LogP contribution in [0.25, 0.3) is 83.2 Å². The highest BCUT2D eigenvalue weighted by Crippen LogP contribution is 2.41. The Hall–Kier alpha value is -5.88. The Morgan fingerprint density at radius 2 is 1.14 bits per heavy atom. The second-order valence-electron chi connectivity index (χ2n) is 10.3. The monoisotopic (exact) mass is 539 g/mol. The van der Waals surface area contributed by atoms with E-state index in [0.717, 1.165) is 65.6 Å². The molecule has 0 radical (unpaired) electrons. The van der Waals surface area contributed by atoms with Crippen LogP contribution < -0.4 is 0 Å². The largest absolute Gasteiger partial charge is 0.453 e. The molecule has 4 aromatic heterocycles. The average Bonchev–Trinajstić information content (AvgIpc) is 3.62. The summed E-state index contributed by atoms with van der Waals surface area (Å²) in [4.78, 5) is 19.4. The van der Waals surface area contributed by atoms with Crippen LogP contribution in [0.15, 0.2) is 132 Å². The minimum atomic E-state index is 0.536. The summed E-state index contributed by atoms with van der Waals surface area (Å²) in [6.07, 6.45) is 3.68. The van der Waals surface area contributed by atoms with Crippen molar-refractivity contribution in [2.75, 3.05) is 0 Å². The predicted octanol–water partition coefficient (Wildman–Crippen LogP) is 8.75. The molecular weight excluding hydrogens is 518 g/mol. The molecule has 9 rings (SSSR count). The van der Waals surface area contributed by atoms with E-state index in [1.807, 2.05) is 85.2 Å². The second-order valence-corrected chi connectivity index (χ2v) is 10.3. The summed E-state index contributed by atoms with van der Waals surface area (Å²) in [6, 6.07) is 39.0. The van der Waals surface area contributed by atoms with Gasteiger partial charge in [0.25, 0.3) is 0 Å². The van der Waals surface area contributed by atoms with Gasteiger partial charge in [0.1, 0.15) is 11.1 Å². The number of nitrogens with zero attached hydrogens (tertiary/aromatic N) is 5. The molecule has 0 amide bonds. The summed E-state index contributed by atoms with van der Waals surface area (Å²) in [5, 5.41) is 6.33. The van der Waals surface area contributed by atoms with E-state index in [4.69, 9.17) is 19.4 Å². The number of para-hydroxylation sites is 1. The molecule has 5 aromatic carbocycles. The SMILES string of the molecule is c1ccc(-c2nc(-c3ccccc3)nc(-n3c4ccccc4c4ccc5c6ccc7ccncc7c6oc5c43)n2)cc1.